The number of piperazine rings is 1. The Balaban J connectivity index is 1.52. The van der Waals surface area contributed by atoms with E-state index in [1.165, 1.54) is 24.3 Å². The van der Waals surface area contributed by atoms with E-state index in [1.807, 2.05) is 4.90 Å². The Morgan fingerprint density at radius 1 is 0.923 bits per heavy atom. The van der Waals surface area contributed by atoms with Crippen LogP contribution in [-0.4, -0.2) is 61.3 Å². The van der Waals surface area contributed by atoms with Gasteiger partial charge in [0.15, 0.2) is 5.78 Å². The van der Waals surface area contributed by atoms with E-state index in [1.54, 1.807) is 36.3 Å². The second kappa shape index (κ2) is 8.10. The van der Waals surface area contributed by atoms with E-state index in [9.17, 15) is 14.0 Å². The molecule has 1 fully saturated rings. The van der Waals surface area contributed by atoms with Crippen molar-refractivity contribution in [3.63, 3.8) is 0 Å². The van der Waals surface area contributed by atoms with Crippen molar-refractivity contribution in [1.82, 2.24) is 9.80 Å². The number of carbonyl (C=O) groups is 2. The van der Waals surface area contributed by atoms with E-state index in [-0.39, 0.29) is 24.1 Å². The van der Waals surface area contributed by atoms with Crippen LogP contribution in [0, 0.1) is 5.82 Å². The molecule has 0 unspecified atom stereocenters. The molecule has 2 aromatic rings. The quantitative estimate of drug-likeness (QED) is 0.773. The van der Waals surface area contributed by atoms with Crippen LogP contribution in [0.2, 0.25) is 0 Å². The molecule has 1 heterocycles. The Morgan fingerprint density at radius 3 is 2.08 bits per heavy atom. The first kappa shape index (κ1) is 18.1. The van der Waals surface area contributed by atoms with Gasteiger partial charge in [0.05, 0.1) is 13.7 Å². The zero-order chi connectivity index (χ0) is 18.5. The van der Waals surface area contributed by atoms with Crippen molar-refractivity contribution >= 4 is 11.7 Å². The van der Waals surface area contributed by atoms with Gasteiger partial charge in [0.1, 0.15) is 11.6 Å². The number of ether oxygens (including phenoxy) is 1. The van der Waals surface area contributed by atoms with Gasteiger partial charge in [0.25, 0.3) is 5.91 Å². The van der Waals surface area contributed by atoms with Gasteiger partial charge in [-0.05, 0) is 48.5 Å². The molecule has 0 spiro atoms. The summed E-state index contributed by atoms with van der Waals surface area (Å²) in [7, 11) is 1.59. The average Bonchev–Trinajstić information content (AvgIpc) is 2.68. The van der Waals surface area contributed by atoms with Crippen LogP contribution in [0.1, 0.15) is 20.7 Å². The lowest BCUT2D eigenvalue weighted by molar-refractivity contribution is 0.0624. The van der Waals surface area contributed by atoms with Gasteiger partial charge >= 0.3 is 0 Å². The Morgan fingerprint density at radius 2 is 1.50 bits per heavy atom. The number of methoxy groups -OCH3 is 1. The molecule has 0 saturated carbocycles. The molecule has 26 heavy (non-hydrogen) atoms. The minimum atomic E-state index is -0.354. The van der Waals surface area contributed by atoms with Gasteiger partial charge in [-0.15, -0.1) is 0 Å². The summed E-state index contributed by atoms with van der Waals surface area (Å²) < 4.78 is 18.0. The van der Waals surface area contributed by atoms with Gasteiger partial charge in [-0.2, -0.15) is 0 Å². The van der Waals surface area contributed by atoms with E-state index in [2.05, 4.69) is 0 Å². The predicted octanol–water partition coefficient (Wildman–Crippen LogP) is 2.48. The molecule has 0 radical (unpaired) electrons. The Labute approximate surface area is 152 Å². The second-order valence-corrected chi connectivity index (χ2v) is 6.23. The minimum absolute atomic E-state index is 0.0165. The molecule has 6 heteroatoms. The zero-order valence-electron chi connectivity index (χ0n) is 14.7. The number of amides is 1. The van der Waals surface area contributed by atoms with E-state index >= 15 is 0 Å². The third kappa shape index (κ3) is 4.26. The van der Waals surface area contributed by atoms with Crippen LogP contribution < -0.4 is 4.74 Å². The summed E-state index contributed by atoms with van der Waals surface area (Å²) in [6.07, 6.45) is 0. The number of ketones is 1. The number of Topliss-reactive ketones (excluding diaryl/α,β-unsaturated/α-hetero) is 1. The van der Waals surface area contributed by atoms with Crippen LogP contribution >= 0.6 is 0 Å². The Hall–Kier alpha value is -2.73. The lowest BCUT2D eigenvalue weighted by Crippen LogP contribution is -2.49. The fraction of sp³-hybridized carbons (Fsp3) is 0.300. The summed E-state index contributed by atoms with van der Waals surface area (Å²) >= 11 is 0. The van der Waals surface area contributed by atoms with Crippen LogP contribution in [-0.2, 0) is 0 Å². The van der Waals surface area contributed by atoms with E-state index in [0.29, 0.717) is 43.1 Å². The number of halogens is 1. The van der Waals surface area contributed by atoms with Crippen molar-refractivity contribution < 1.29 is 18.7 Å². The number of hydrogen-bond donors (Lipinski definition) is 0. The minimum Gasteiger partial charge on any atom is -0.497 e. The second-order valence-electron chi connectivity index (χ2n) is 6.23. The maximum absolute atomic E-state index is 12.9. The van der Waals surface area contributed by atoms with Crippen molar-refractivity contribution in [3.8, 4) is 5.75 Å². The standard InChI is InChI=1S/C20H21FN2O3/c1-26-18-8-4-16(5-9-18)20(25)23-12-10-22(11-13-23)14-19(24)15-2-6-17(21)7-3-15/h2-9H,10-14H2,1H3. The van der Waals surface area contributed by atoms with Gasteiger partial charge in [0, 0.05) is 37.3 Å². The highest BCUT2D eigenvalue weighted by molar-refractivity contribution is 5.97. The summed E-state index contributed by atoms with van der Waals surface area (Å²) in [6, 6.07) is 12.6. The first-order chi connectivity index (χ1) is 12.6. The Bertz CT molecular complexity index is 767. The molecular weight excluding hydrogens is 335 g/mol. The van der Waals surface area contributed by atoms with Gasteiger partial charge in [0.2, 0.25) is 0 Å². The van der Waals surface area contributed by atoms with E-state index in [4.69, 9.17) is 4.74 Å². The first-order valence-corrected chi connectivity index (χ1v) is 8.51. The molecule has 0 aromatic heterocycles. The molecule has 0 N–H and O–H groups in total. The SMILES string of the molecule is COc1ccc(C(=O)N2CCN(CC(=O)c3ccc(F)cc3)CC2)cc1. The van der Waals surface area contributed by atoms with Gasteiger partial charge in [-0.25, -0.2) is 4.39 Å². The maximum atomic E-state index is 12.9. The highest BCUT2D eigenvalue weighted by Gasteiger charge is 2.23. The molecular formula is C20H21FN2O3. The van der Waals surface area contributed by atoms with Crippen molar-refractivity contribution in [2.75, 3.05) is 39.8 Å². The predicted molar refractivity (Wildman–Crippen MR) is 96.1 cm³/mol. The van der Waals surface area contributed by atoms with Crippen molar-refractivity contribution in [3.05, 3.63) is 65.5 Å². The van der Waals surface area contributed by atoms with Crippen LogP contribution in [0.25, 0.3) is 0 Å². The number of hydrogen-bond acceptors (Lipinski definition) is 4. The molecule has 5 nitrogen and oxygen atoms in total. The summed E-state index contributed by atoms with van der Waals surface area (Å²) in [4.78, 5) is 28.6. The lowest BCUT2D eigenvalue weighted by Gasteiger charge is -2.34. The molecule has 136 valence electrons. The van der Waals surface area contributed by atoms with E-state index in [0.717, 1.165) is 0 Å². The molecule has 1 aliphatic heterocycles. The fourth-order valence-corrected chi connectivity index (χ4v) is 2.96. The summed E-state index contributed by atoms with van der Waals surface area (Å²) in [6.45, 7) is 2.68. The molecule has 0 aliphatic carbocycles. The first-order valence-electron chi connectivity index (χ1n) is 8.51. The molecule has 2 aromatic carbocycles. The van der Waals surface area contributed by atoms with Crippen LogP contribution in [0.3, 0.4) is 0 Å². The summed E-state index contributed by atoms with van der Waals surface area (Å²) in [5, 5.41) is 0. The van der Waals surface area contributed by atoms with Crippen molar-refractivity contribution in [1.29, 1.82) is 0 Å². The average molecular weight is 356 g/mol. The maximum Gasteiger partial charge on any atom is 0.253 e. The topological polar surface area (TPSA) is 49.9 Å². The zero-order valence-corrected chi connectivity index (χ0v) is 14.7. The third-order valence-electron chi connectivity index (χ3n) is 4.53. The van der Waals surface area contributed by atoms with E-state index < -0.39 is 0 Å². The largest absolute Gasteiger partial charge is 0.497 e. The summed E-state index contributed by atoms with van der Waals surface area (Å²) in [5.41, 5.74) is 1.13. The Kier molecular flexibility index (Phi) is 5.63. The number of benzene rings is 2. The molecule has 1 amide bonds. The molecule has 0 bridgehead atoms. The van der Waals surface area contributed by atoms with Crippen molar-refractivity contribution in [2.24, 2.45) is 0 Å². The van der Waals surface area contributed by atoms with Gasteiger partial charge in [-0.3, -0.25) is 14.5 Å². The molecule has 1 aliphatic rings. The normalized spacial score (nSPS) is 14.9. The van der Waals surface area contributed by atoms with Gasteiger partial charge < -0.3 is 9.64 Å². The van der Waals surface area contributed by atoms with Crippen LogP contribution in [0.5, 0.6) is 5.75 Å². The highest BCUT2D eigenvalue weighted by Crippen LogP contribution is 2.14. The highest BCUT2D eigenvalue weighted by atomic mass is 19.1. The van der Waals surface area contributed by atoms with Crippen LogP contribution in [0.4, 0.5) is 4.39 Å². The molecule has 1 saturated heterocycles. The molecule has 0 atom stereocenters. The monoisotopic (exact) mass is 356 g/mol. The number of nitrogens with zero attached hydrogens (tertiary/aromatic N) is 2. The van der Waals surface area contributed by atoms with Crippen LogP contribution in [0.15, 0.2) is 48.5 Å². The number of rotatable bonds is 5. The van der Waals surface area contributed by atoms with Crippen molar-refractivity contribution in [2.45, 2.75) is 0 Å². The fourth-order valence-electron chi connectivity index (χ4n) is 2.96. The third-order valence-corrected chi connectivity index (χ3v) is 4.53. The molecule has 3 rings (SSSR count). The summed E-state index contributed by atoms with van der Waals surface area (Å²) in [5.74, 6) is 0.301. The smallest absolute Gasteiger partial charge is 0.253 e. The number of carbonyl (C=O) groups excluding carboxylic acids is 2. The van der Waals surface area contributed by atoms with Gasteiger partial charge in [-0.1, -0.05) is 0 Å². The lowest BCUT2D eigenvalue weighted by atomic mass is 10.1.